The van der Waals surface area contributed by atoms with Gasteiger partial charge in [0, 0.05) is 5.97 Å². The number of carbonyl (C=O) groups is 1. The van der Waals surface area contributed by atoms with Crippen LogP contribution in [0.15, 0.2) is 0 Å². The van der Waals surface area contributed by atoms with Crippen LogP contribution in [0, 0.1) is 0 Å². The zero-order valence-electron chi connectivity index (χ0n) is 37.0. The fraction of sp³-hybridized carbons (Fsp3) is 0.976. The number of rotatable bonds is 40. The fourth-order valence-electron chi connectivity index (χ4n) is 6.14. The Morgan fingerprint density at radius 2 is 0.554 bits per heavy atom. The molecule has 0 atom stereocenters. The average Bonchev–Trinajstić information content (AvgIpc) is 3.11. The van der Waals surface area contributed by atoms with Crippen molar-refractivity contribution in [2.24, 2.45) is 0 Å². The fourth-order valence-corrected chi connectivity index (χ4v) is 6.79. The van der Waals surface area contributed by atoms with Gasteiger partial charge >= 0.3 is 52.6 Å². The minimum Gasteiger partial charge on any atom is -0.726 e. The molecule has 0 saturated carbocycles. The number of hydrogen-bond acceptors (Lipinski definition) is 10. The third-order valence-corrected chi connectivity index (χ3v) is 10.3. The second-order valence-corrected chi connectivity index (χ2v) is 17.0. The van der Waals surface area contributed by atoms with Gasteiger partial charge in [0.2, 0.25) is 20.8 Å². The van der Waals surface area contributed by atoms with Crippen LogP contribution in [0.3, 0.4) is 0 Å². The van der Waals surface area contributed by atoms with E-state index in [-0.39, 0.29) is 72.2 Å². The van der Waals surface area contributed by atoms with E-state index >= 15 is 0 Å². The van der Waals surface area contributed by atoms with Crippen molar-refractivity contribution in [3.05, 3.63) is 0 Å². The molecule has 0 aromatic rings. The van der Waals surface area contributed by atoms with E-state index in [0.717, 1.165) is 38.5 Å². The Hall–Kier alpha value is 0.976. The van der Waals surface area contributed by atoms with Crippen LogP contribution in [0.5, 0.6) is 0 Å². The number of carbonyl (C=O) groups excluding carboxylic acids is 1. The number of aliphatic carboxylic acids is 1. The summed E-state index contributed by atoms with van der Waals surface area (Å²) in [5.74, 6) is -0.903. The Kier molecular flexibility index (Phi) is 63.7. The molecule has 10 nitrogen and oxygen atoms in total. The third-order valence-electron chi connectivity index (χ3n) is 9.44. The number of carboxylic acids is 1. The number of carboxylic acid groups (broad SMARTS) is 1. The van der Waals surface area contributed by atoms with E-state index in [1.54, 1.807) is 0 Å². The summed E-state index contributed by atoms with van der Waals surface area (Å²) >= 11 is 0. The van der Waals surface area contributed by atoms with Crippen molar-refractivity contribution >= 4 is 49.8 Å². The van der Waals surface area contributed by atoms with E-state index in [2.05, 4.69) is 29.1 Å². The summed E-state index contributed by atoms with van der Waals surface area (Å²) in [6, 6.07) is 0. The summed E-state index contributed by atoms with van der Waals surface area (Å²) in [7, 11) is -8.97. The van der Waals surface area contributed by atoms with E-state index < -0.39 is 26.8 Å². The van der Waals surface area contributed by atoms with Gasteiger partial charge in [-0.2, -0.15) is 0 Å². The van der Waals surface area contributed by atoms with Gasteiger partial charge in [-0.3, -0.25) is 8.37 Å². The summed E-state index contributed by atoms with van der Waals surface area (Å²) in [4.78, 5) is 10.2. The van der Waals surface area contributed by atoms with Crippen LogP contribution in [0.4, 0.5) is 0 Å². The van der Waals surface area contributed by atoms with Crippen molar-refractivity contribution in [3.8, 4) is 0 Å². The van der Waals surface area contributed by atoms with Gasteiger partial charge in [-0.15, -0.1) is 0 Å². The van der Waals surface area contributed by atoms with Crippen LogP contribution in [0.25, 0.3) is 0 Å². The minimum absolute atomic E-state index is 0. The largest absolute Gasteiger partial charge is 2.00 e. The van der Waals surface area contributed by atoms with Gasteiger partial charge in [0.15, 0.2) is 0 Å². The molecule has 328 valence electrons. The first-order valence-corrected chi connectivity index (χ1v) is 25.0. The van der Waals surface area contributed by atoms with Gasteiger partial charge in [0.25, 0.3) is 0 Å². The van der Waals surface area contributed by atoms with E-state index in [4.69, 9.17) is 0 Å². The molecule has 0 heterocycles. The van der Waals surface area contributed by atoms with Crippen LogP contribution in [-0.2, 0) is 34.0 Å². The molecule has 0 fully saturated rings. The van der Waals surface area contributed by atoms with Gasteiger partial charge in [-0.25, -0.2) is 16.8 Å². The molecule has 0 rings (SSSR count). The standard InChI is InChI=1S/C18H36O2.2C12H26O4S.Mg.Na/c1-2-3-4-5-6-7-8-9-10-11-12-13-14-15-16-17-18(19)20;2*1-2-3-4-5-6-7-8-9-10-11-12-16-17(13,14)15;;/h2-17H2,1H3,(H,19,20);2*2-12H2,1H3,(H,13,14,15);;/q;;;+2;+1/p-3. The molecule has 0 aromatic carbocycles. The van der Waals surface area contributed by atoms with Gasteiger partial charge in [-0.1, -0.05) is 226 Å². The van der Waals surface area contributed by atoms with E-state index in [0.29, 0.717) is 12.8 Å². The van der Waals surface area contributed by atoms with Crippen LogP contribution < -0.4 is 34.7 Å². The minimum atomic E-state index is -4.48. The van der Waals surface area contributed by atoms with E-state index in [1.807, 2.05) is 0 Å². The van der Waals surface area contributed by atoms with Gasteiger partial charge in [0.05, 0.1) is 13.2 Å². The second kappa shape index (κ2) is 54.0. The Morgan fingerprint density at radius 3 is 0.732 bits per heavy atom. The van der Waals surface area contributed by atoms with Crippen molar-refractivity contribution < 1.29 is 73.8 Å². The molecule has 0 aliphatic carbocycles. The summed E-state index contributed by atoms with van der Waals surface area (Å²) < 4.78 is 68.9. The molecule has 0 aliphatic rings. The molecular weight excluding hydrogens is 776 g/mol. The summed E-state index contributed by atoms with van der Waals surface area (Å²) in [5, 5.41) is 10.2. The topological polar surface area (TPSA) is 173 Å². The Bertz CT molecular complexity index is 903. The first-order chi connectivity index (χ1) is 25.9. The third kappa shape index (κ3) is 75.8. The maximum atomic E-state index is 10.2. The zero-order valence-corrected chi connectivity index (χ0v) is 42.0. The maximum Gasteiger partial charge on any atom is 2.00 e. The van der Waals surface area contributed by atoms with Crippen molar-refractivity contribution in [1.82, 2.24) is 0 Å². The van der Waals surface area contributed by atoms with Crippen molar-refractivity contribution in [2.45, 2.75) is 252 Å². The first kappa shape index (κ1) is 66.1. The van der Waals surface area contributed by atoms with Gasteiger partial charge in [-0.05, 0) is 25.7 Å². The van der Waals surface area contributed by atoms with Crippen molar-refractivity contribution in [3.63, 3.8) is 0 Å². The molecule has 0 aromatic heterocycles. The monoisotopic (exact) mass is 861 g/mol. The first-order valence-electron chi connectivity index (χ1n) is 22.3. The molecule has 0 N–H and O–H groups in total. The van der Waals surface area contributed by atoms with Crippen molar-refractivity contribution in [1.29, 1.82) is 0 Å². The Balaban J connectivity index is -0.000000229. The molecule has 56 heavy (non-hydrogen) atoms. The SMILES string of the molecule is CCCCCCCCCCCCCCCCCC(=O)[O-].CCCCCCCCCCCCOS(=O)(=O)[O-].CCCCCCCCCCCCOS(=O)(=O)[O-].[Mg+2].[Na+]. The second-order valence-electron chi connectivity index (χ2n) is 14.9. The van der Waals surface area contributed by atoms with Crippen LogP contribution in [0.2, 0.25) is 0 Å². The van der Waals surface area contributed by atoms with Crippen LogP contribution in [0.1, 0.15) is 252 Å². The summed E-state index contributed by atoms with van der Waals surface area (Å²) in [5.41, 5.74) is 0. The molecule has 0 radical (unpaired) electrons. The van der Waals surface area contributed by atoms with Crippen LogP contribution >= 0.6 is 0 Å². The zero-order chi connectivity index (χ0) is 40.9. The van der Waals surface area contributed by atoms with E-state index in [9.17, 15) is 35.8 Å². The molecule has 0 aliphatic heterocycles. The summed E-state index contributed by atoms with van der Waals surface area (Å²) in [6.07, 6.45) is 43.3. The molecule has 0 bridgehead atoms. The molecule has 0 spiro atoms. The van der Waals surface area contributed by atoms with E-state index in [1.165, 1.54) is 173 Å². The quantitative estimate of drug-likeness (QED) is 0.0252. The molecule has 0 saturated heterocycles. The normalized spacial score (nSPS) is 11.1. The Morgan fingerprint density at radius 1 is 0.375 bits per heavy atom. The Labute approximate surface area is 385 Å². The van der Waals surface area contributed by atoms with Crippen LogP contribution in [-0.4, -0.2) is 68.2 Å². The van der Waals surface area contributed by atoms with Gasteiger partial charge < -0.3 is 19.0 Å². The molecular formula is C42H85MgNaO10S2. The maximum absolute atomic E-state index is 10.2. The predicted octanol–water partition coefficient (Wildman–Crippen LogP) is 8.39. The molecule has 14 heteroatoms. The predicted molar refractivity (Wildman–Crippen MR) is 225 cm³/mol. The molecule has 0 amide bonds. The molecule has 0 unspecified atom stereocenters. The average molecular weight is 862 g/mol. The van der Waals surface area contributed by atoms with Crippen molar-refractivity contribution in [2.75, 3.05) is 13.2 Å². The number of unbranched alkanes of at least 4 members (excludes halogenated alkanes) is 32. The smallest absolute Gasteiger partial charge is 0.726 e. The number of hydrogen-bond donors (Lipinski definition) is 0. The van der Waals surface area contributed by atoms with Gasteiger partial charge in [0.1, 0.15) is 0 Å². The summed E-state index contributed by atoms with van der Waals surface area (Å²) in [6.45, 7) is 6.75.